The Kier molecular flexibility index (Phi) is 3.22. The van der Waals surface area contributed by atoms with Gasteiger partial charge in [0, 0.05) is 23.5 Å². The summed E-state index contributed by atoms with van der Waals surface area (Å²) in [6, 6.07) is 4.99. The highest BCUT2D eigenvalue weighted by atomic mass is 35.5. The second-order valence-electron chi connectivity index (χ2n) is 4.12. The third-order valence-electron chi connectivity index (χ3n) is 2.88. The van der Waals surface area contributed by atoms with Gasteiger partial charge in [-0.2, -0.15) is 0 Å². The molecule has 2 aromatic rings. The zero-order valence-electron chi connectivity index (χ0n) is 9.77. The maximum absolute atomic E-state index is 13.5. The van der Waals surface area contributed by atoms with E-state index in [2.05, 4.69) is 4.98 Å². The van der Waals surface area contributed by atoms with Crippen LogP contribution in [0, 0.1) is 19.7 Å². The maximum Gasteiger partial charge on any atom is 0.126 e. The summed E-state index contributed by atoms with van der Waals surface area (Å²) >= 11 is 6.12. The van der Waals surface area contributed by atoms with Gasteiger partial charge >= 0.3 is 0 Å². The maximum atomic E-state index is 13.5. The number of halogens is 2. The van der Waals surface area contributed by atoms with Crippen molar-refractivity contribution in [2.45, 2.75) is 20.4 Å². The van der Waals surface area contributed by atoms with Crippen molar-refractivity contribution in [1.29, 1.82) is 0 Å². The Hall–Kier alpha value is -1.32. The highest BCUT2D eigenvalue weighted by Gasteiger charge is 2.11. The number of aryl methyl sites for hydroxylation is 2. The summed E-state index contributed by atoms with van der Waals surface area (Å²) in [5.41, 5.74) is 9.61. The van der Waals surface area contributed by atoms with E-state index in [1.807, 2.05) is 13.0 Å². The minimum atomic E-state index is -0.258. The molecule has 0 spiro atoms. The van der Waals surface area contributed by atoms with Crippen LogP contribution in [0.1, 0.15) is 16.8 Å². The molecule has 0 unspecified atom stereocenters. The summed E-state index contributed by atoms with van der Waals surface area (Å²) in [6.45, 7) is 4.08. The number of nitrogens with one attached hydrogen (secondary N) is 1. The van der Waals surface area contributed by atoms with Gasteiger partial charge in [-0.15, -0.1) is 0 Å². The smallest absolute Gasteiger partial charge is 0.126 e. The van der Waals surface area contributed by atoms with Crippen LogP contribution in [0.15, 0.2) is 18.2 Å². The minimum Gasteiger partial charge on any atom is -0.358 e. The van der Waals surface area contributed by atoms with Crippen molar-refractivity contribution in [3.8, 4) is 11.3 Å². The van der Waals surface area contributed by atoms with Crippen LogP contribution in [-0.2, 0) is 6.54 Å². The first-order chi connectivity index (χ1) is 8.02. The average molecular weight is 253 g/mol. The molecule has 0 fully saturated rings. The molecular weight excluding hydrogens is 239 g/mol. The van der Waals surface area contributed by atoms with Crippen LogP contribution >= 0.6 is 11.6 Å². The van der Waals surface area contributed by atoms with Gasteiger partial charge in [-0.1, -0.05) is 11.6 Å². The fourth-order valence-corrected chi connectivity index (χ4v) is 2.13. The van der Waals surface area contributed by atoms with Crippen molar-refractivity contribution in [3.63, 3.8) is 0 Å². The number of nitrogens with two attached hydrogens (primary N) is 1. The summed E-state index contributed by atoms with van der Waals surface area (Å²) in [4.78, 5) is 3.17. The minimum absolute atomic E-state index is 0.258. The van der Waals surface area contributed by atoms with Gasteiger partial charge in [0.1, 0.15) is 5.82 Å². The van der Waals surface area contributed by atoms with Crippen LogP contribution in [0.25, 0.3) is 11.3 Å². The second-order valence-corrected chi connectivity index (χ2v) is 4.53. The number of hydrogen-bond acceptors (Lipinski definition) is 1. The lowest BCUT2D eigenvalue weighted by molar-refractivity contribution is 0.619. The van der Waals surface area contributed by atoms with Crippen molar-refractivity contribution < 1.29 is 4.39 Å². The Morgan fingerprint density at radius 1 is 1.29 bits per heavy atom. The average Bonchev–Trinajstić information content (AvgIpc) is 2.65. The monoisotopic (exact) mass is 252 g/mol. The number of aromatic amines is 1. The van der Waals surface area contributed by atoms with Crippen molar-refractivity contribution in [1.82, 2.24) is 4.98 Å². The lowest BCUT2D eigenvalue weighted by atomic mass is 10.1. The molecule has 1 aromatic carbocycles. The fourth-order valence-electron chi connectivity index (χ4n) is 1.81. The van der Waals surface area contributed by atoms with E-state index in [1.54, 1.807) is 13.0 Å². The van der Waals surface area contributed by atoms with E-state index < -0.39 is 0 Å². The van der Waals surface area contributed by atoms with Crippen LogP contribution in [0.3, 0.4) is 0 Å². The molecule has 0 atom stereocenters. The van der Waals surface area contributed by atoms with Crippen molar-refractivity contribution >= 4 is 11.6 Å². The molecule has 2 rings (SSSR count). The van der Waals surface area contributed by atoms with E-state index in [1.165, 1.54) is 6.07 Å². The summed E-state index contributed by atoms with van der Waals surface area (Å²) in [5.74, 6) is -0.258. The van der Waals surface area contributed by atoms with E-state index in [-0.39, 0.29) is 5.82 Å². The molecule has 2 nitrogen and oxygen atoms in total. The highest BCUT2D eigenvalue weighted by molar-refractivity contribution is 6.33. The summed E-state index contributed by atoms with van der Waals surface area (Å²) in [5, 5.41) is 0.536. The predicted molar refractivity (Wildman–Crippen MR) is 68.6 cm³/mol. The van der Waals surface area contributed by atoms with Crippen LogP contribution < -0.4 is 5.73 Å². The van der Waals surface area contributed by atoms with Crippen LogP contribution in [0.5, 0.6) is 0 Å². The first-order valence-corrected chi connectivity index (χ1v) is 5.75. The van der Waals surface area contributed by atoms with Crippen molar-refractivity contribution in [2.75, 3.05) is 0 Å². The van der Waals surface area contributed by atoms with Gasteiger partial charge in [0.05, 0.1) is 5.02 Å². The number of benzene rings is 1. The molecule has 17 heavy (non-hydrogen) atoms. The fraction of sp³-hybridized carbons (Fsp3) is 0.231. The summed E-state index contributed by atoms with van der Waals surface area (Å²) in [7, 11) is 0. The Labute approximate surface area is 105 Å². The van der Waals surface area contributed by atoms with Gasteiger partial charge in [0.15, 0.2) is 0 Å². The molecule has 0 aliphatic rings. The SMILES string of the molecule is Cc1cc(Cl)c(-c2cc(CN)c(C)[nH]2)cc1F. The Morgan fingerprint density at radius 3 is 2.59 bits per heavy atom. The van der Waals surface area contributed by atoms with Gasteiger partial charge in [0.25, 0.3) is 0 Å². The highest BCUT2D eigenvalue weighted by Crippen LogP contribution is 2.30. The van der Waals surface area contributed by atoms with Gasteiger partial charge < -0.3 is 10.7 Å². The number of aromatic nitrogens is 1. The molecule has 0 amide bonds. The predicted octanol–water partition coefficient (Wildman–Crippen LogP) is 3.55. The first kappa shape index (κ1) is 12.1. The molecule has 0 radical (unpaired) electrons. The number of rotatable bonds is 2. The molecular formula is C13H14ClFN2. The summed E-state index contributed by atoms with van der Waals surface area (Å²) < 4.78 is 13.5. The molecule has 0 bridgehead atoms. The molecule has 3 N–H and O–H groups in total. The zero-order valence-corrected chi connectivity index (χ0v) is 10.5. The van der Waals surface area contributed by atoms with E-state index in [9.17, 15) is 4.39 Å². The van der Waals surface area contributed by atoms with Gasteiger partial charge in [-0.05, 0) is 43.2 Å². The third-order valence-corrected chi connectivity index (χ3v) is 3.19. The van der Waals surface area contributed by atoms with E-state index in [0.717, 1.165) is 17.0 Å². The molecule has 0 aliphatic heterocycles. The molecule has 90 valence electrons. The number of H-pyrrole nitrogens is 1. The molecule has 1 aromatic heterocycles. The van der Waals surface area contributed by atoms with Crippen LogP contribution in [0.2, 0.25) is 5.02 Å². The zero-order chi connectivity index (χ0) is 12.6. The normalized spacial score (nSPS) is 10.9. The number of hydrogen-bond donors (Lipinski definition) is 2. The quantitative estimate of drug-likeness (QED) is 0.843. The van der Waals surface area contributed by atoms with E-state index >= 15 is 0 Å². The van der Waals surface area contributed by atoms with Gasteiger partial charge in [-0.25, -0.2) is 4.39 Å². The Bertz CT molecular complexity index is 561. The molecule has 4 heteroatoms. The largest absolute Gasteiger partial charge is 0.358 e. The van der Waals surface area contributed by atoms with Crippen molar-refractivity contribution in [2.24, 2.45) is 5.73 Å². The molecule has 0 saturated carbocycles. The first-order valence-electron chi connectivity index (χ1n) is 5.37. The van der Waals surface area contributed by atoms with Crippen molar-refractivity contribution in [3.05, 3.63) is 45.9 Å². The summed E-state index contributed by atoms with van der Waals surface area (Å²) in [6.07, 6.45) is 0. The standard InChI is InChI=1S/C13H14ClFN2/c1-7-3-11(14)10(5-12(7)15)13-4-9(6-16)8(2)17-13/h3-5,17H,6,16H2,1-2H3. The molecule has 0 saturated heterocycles. The second kappa shape index (κ2) is 4.51. The molecule has 0 aliphatic carbocycles. The van der Waals surface area contributed by atoms with E-state index in [0.29, 0.717) is 22.7 Å². The van der Waals surface area contributed by atoms with Crippen LogP contribution in [0.4, 0.5) is 4.39 Å². The molecule has 1 heterocycles. The van der Waals surface area contributed by atoms with Gasteiger partial charge in [0.2, 0.25) is 0 Å². The lowest BCUT2D eigenvalue weighted by Gasteiger charge is -2.04. The van der Waals surface area contributed by atoms with Gasteiger partial charge in [-0.3, -0.25) is 0 Å². The van der Waals surface area contributed by atoms with E-state index in [4.69, 9.17) is 17.3 Å². The Balaban J connectivity index is 2.56. The third kappa shape index (κ3) is 2.21. The topological polar surface area (TPSA) is 41.8 Å². The Morgan fingerprint density at radius 2 is 2.00 bits per heavy atom. The lowest BCUT2D eigenvalue weighted by Crippen LogP contribution is -1.95. The van der Waals surface area contributed by atoms with Crippen LogP contribution in [-0.4, -0.2) is 4.98 Å².